The second-order valence-corrected chi connectivity index (χ2v) is 6.11. The predicted octanol–water partition coefficient (Wildman–Crippen LogP) is 1.30. The minimum absolute atomic E-state index is 0.0583. The smallest absolute Gasteiger partial charge is 0.126 e. The lowest BCUT2D eigenvalue weighted by molar-refractivity contribution is -0.116. The van der Waals surface area contributed by atoms with Gasteiger partial charge in [0.05, 0.1) is 6.10 Å². The second kappa shape index (κ2) is 4.22. The standard InChI is InChI=1S/C12H23NO2/c1-11(2,9-14)7-13-6-5-10(15)12(3,4)8-13/h9-10,15H,5-8H2,1-4H3. The number of hydrogen-bond donors (Lipinski definition) is 1. The lowest BCUT2D eigenvalue weighted by Crippen LogP contribution is -2.51. The van der Waals surface area contributed by atoms with E-state index < -0.39 is 0 Å². The van der Waals surface area contributed by atoms with Gasteiger partial charge in [-0.25, -0.2) is 0 Å². The molecule has 0 radical (unpaired) electrons. The van der Waals surface area contributed by atoms with Crippen LogP contribution in [-0.4, -0.2) is 42.0 Å². The summed E-state index contributed by atoms with van der Waals surface area (Å²) in [6.45, 7) is 10.6. The summed E-state index contributed by atoms with van der Waals surface area (Å²) < 4.78 is 0. The first-order chi connectivity index (χ1) is 6.77. The molecule has 88 valence electrons. The van der Waals surface area contributed by atoms with Crippen molar-refractivity contribution < 1.29 is 9.90 Å². The summed E-state index contributed by atoms with van der Waals surface area (Å²) in [5.41, 5.74) is -0.338. The molecule has 1 unspecified atom stereocenters. The van der Waals surface area contributed by atoms with Crippen molar-refractivity contribution in [1.29, 1.82) is 0 Å². The number of piperidine rings is 1. The number of rotatable bonds is 3. The van der Waals surface area contributed by atoms with Crippen LogP contribution in [0.5, 0.6) is 0 Å². The zero-order valence-electron chi connectivity index (χ0n) is 10.3. The molecule has 0 amide bonds. The van der Waals surface area contributed by atoms with E-state index in [1.165, 1.54) is 0 Å². The van der Waals surface area contributed by atoms with Crippen LogP contribution in [0.1, 0.15) is 34.1 Å². The Kier molecular flexibility index (Phi) is 3.56. The number of aldehydes is 1. The van der Waals surface area contributed by atoms with Crippen LogP contribution in [0.2, 0.25) is 0 Å². The van der Waals surface area contributed by atoms with Gasteiger partial charge in [0.1, 0.15) is 6.29 Å². The fourth-order valence-corrected chi connectivity index (χ4v) is 2.20. The average molecular weight is 213 g/mol. The first kappa shape index (κ1) is 12.7. The van der Waals surface area contributed by atoms with E-state index in [1.807, 2.05) is 13.8 Å². The Hall–Kier alpha value is -0.410. The van der Waals surface area contributed by atoms with Crippen molar-refractivity contribution in [3.05, 3.63) is 0 Å². The molecule has 0 aromatic carbocycles. The van der Waals surface area contributed by atoms with E-state index in [4.69, 9.17) is 0 Å². The molecule has 15 heavy (non-hydrogen) atoms. The molecule has 1 saturated heterocycles. The zero-order chi connectivity index (χ0) is 11.7. The van der Waals surface area contributed by atoms with Crippen LogP contribution >= 0.6 is 0 Å². The Morgan fingerprint density at radius 3 is 2.60 bits per heavy atom. The predicted molar refractivity (Wildman–Crippen MR) is 60.7 cm³/mol. The SMILES string of the molecule is CC(C)(C=O)CN1CCC(O)C(C)(C)C1. The molecule has 3 heteroatoms. The maximum absolute atomic E-state index is 10.8. The van der Waals surface area contributed by atoms with Crippen molar-refractivity contribution in [2.75, 3.05) is 19.6 Å². The molecule has 1 rings (SSSR count). The molecule has 1 heterocycles. The van der Waals surface area contributed by atoms with Gasteiger partial charge in [-0.3, -0.25) is 0 Å². The first-order valence-corrected chi connectivity index (χ1v) is 5.64. The van der Waals surface area contributed by atoms with E-state index in [0.717, 1.165) is 32.3 Å². The van der Waals surface area contributed by atoms with Crippen molar-refractivity contribution in [1.82, 2.24) is 4.90 Å². The lowest BCUT2D eigenvalue weighted by Gasteiger charge is -2.43. The second-order valence-electron chi connectivity index (χ2n) is 6.11. The minimum Gasteiger partial charge on any atom is -0.392 e. The number of carbonyl (C=O) groups excluding carboxylic acids is 1. The molecule has 0 aromatic rings. The lowest BCUT2D eigenvalue weighted by atomic mass is 9.80. The van der Waals surface area contributed by atoms with E-state index >= 15 is 0 Å². The summed E-state index contributed by atoms with van der Waals surface area (Å²) in [7, 11) is 0. The molecular formula is C12H23NO2. The van der Waals surface area contributed by atoms with Crippen LogP contribution in [0.25, 0.3) is 0 Å². The number of carbonyl (C=O) groups is 1. The Balaban J connectivity index is 2.56. The number of aliphatic hydroxyl groups excluding tert-OH is 1. The Bertz CT molecular complexity index is 236. The Morgan fingerprint density at radius 2 is 2.13 bits per heavy atom. The highest BCUT2D eigenvalue weighted by Gasteiger charge is 2.36. The average Bonchev–Trinajstić information content (AvgIpc) is 2.10. The van der Waals surface area contributed by atoms with Crippen molar-refractivity contribution in [2.45, 2.75) is 40.2 Å². The highest BCUT2D eigenvalue weighted by atomic mass is 16.3. The van der Waals surface area contributed by atoms with E-state index in [-0.39, 0.29) is 16.9 Å². The van der Waals surface area contributed by atoms with Crippen LogP contribution < -0.4 is 0 Å². The molecule has 1 fully saturated rings. The molecule has 0 aliphatic carbocycles. The third-order valence-electron chi connectivity index (χ3n) is 3.20. The van der Waals surface area contributed by atoms with Crippen LogP contribution in [0.3, 0.4) is 0 Å². The number of nitrogens with zero attached hydrogens (tertiary/aromatic N) is 1. The first-order valence-electron chi connectivity index (χ1n) is 5.64. The summed E-state index contributed by atoms with van der Waals surface area (Å²) in [4.78, 5) is 13.1. The molecule has 3 nitrogen and oxygen atoms in total. The summed E-state index contributed by atoms with van der Waals surface area (Å²) in [6, 6.07) is 0. The van der Waals surface area contributed by atoms with Crippen molar-refractivity contribution >= 4 is 6.29 Å². The largest absolute Gasteiger partial charge is 0.392 e. The Morgan fingerprint density at radius 1 is 1.53 bits per heavy atom. The van der Waals surface area contributed by atoms with Gasteiger partial charge in [0.15, 0.2) is 0 Å². The van der Waals surface area contributed by atoms with Crippen LogP contribution in [-0.2, 0) is 4.79 Å². The van der Waals surface area contributed by atoms with Gasteiger partial charge in [-0.05, 0) is 6.42 Å². The van der Waals surface area contributed by atoms with Crippen LogP contribution in [0.4, 0.5) is 0 Å². The molecule has 1 N–H and O–H groups in total. The number of likely N-dealkylation sites (tertiary alicyclic amines) is 1. The maximum atomic E-state index is 10.8. The van der Waals surface area contributed by atoms with Gasteiger partial charge in [-0.1, -0.05) is 27.7 Å². The maximum Gasteiger partial charge on any atom is 0.126 e. The molecule has 1 atom stereocenters. The summed E-state index contributed by atoms with van der Waals surface area (Å²) in [6.07, 6.45) is 1.61. The van der Waals surface area contributed by atoms with Gasteiger partial charge < -0.3 is 14.8 Å². The highest BCUT2D eigenvalue weighted by molar-refractivity contribution is 5.58. The molecule has 0 spiro atoms. The van der Waals surface area contributed by atoms with Gasteiger partial charge in [0.25, 0.3) is 0 Å². The molecule has 0 bridgehead atoms. The third-order valence-corrected chi connectivity index (χ3v) is 3.20. The third kappa shape index (κ3) is 3.28. The van der Waals surface area contributed by atoms with Crippen LogP contribution in [0, 0.1) is 10.8 Å². The monoisotopic (exact) mass is 213 g/mol. The number of hydrogen-bond acceptors (Lipinski definition) is 3. The van der Waals surface area contributed by atoms with E-state index in [2.05, 4.69) is 18.7 Å². The molecule has 0 saturated carbocycles. The summed E-state index contributed by atoms with van der Waals surface area (Å²) in [5, 5.41) is 9.81. The van der Waals surface area contributed by atoms with Gasteiger partial charge in [-0.15, -0.1) is 0 Å². The normalized spacial score (nSPS) is 27.7. The fraction of sp³-hybridized carbons (Fsp3) is 0.917. The summed E-state index contributed by atoms with van der Waals surface area (Å²) in [5.74, 6) is 0. The van der Waals surface area contributed by atoms with Gasteiger partial charge in [0, 0.05) is 30.5 Å². The molecule has 1 aliphatic heterocycles. The van der Waals surface area contributed by atoms with E-state index in [0.29, 0.717) is 0 Å². The van der Waals surface area contributed by atoms with Crippen molar-refractivity contribution in [3.63, 3.8) is 0 Å². The number of aliphatic hydroxyl groups is 1. The topological polar surface area (TPSA) is 40.5 Å². The Labute approximate surface area is 92.5 Å². The van der Waals surface area contributed by atoms with Crippen molar-refractivity contribution in [2.24, 2.45) is 10.8 Å². The van der Waals surface area contributed by atoms with E-state index in [9.17, 15) is 9.90 Å². The summed E-state index contributed by atoms with van der Waals surface area (Å²) >= 11 is 0. The van der Waals surface area contributed by atoms with Gasteiger partial charge in [-0.2, -0.15) is 0 Å². The van der Waals surface area contributed by atoms with E-state index in [1.54, 1.807) is 0 Å². The molecular weight excluding hydrogens is 190 g/mol. The quantitative estimate of drug-likeness (QED) is 0.718. The molecule has 1 aliphatic rings. The van der Waals surface area contributed by atoms with Crippen LogP contribution in [0.15, 0.2) is 0 Å². The molecule has 0 aromatic heterocycles. The van der Waals surface area contributed by atoms with Gasteiger partial charge >= 0.3 is 0 Å². The fourth-order valence-electron chi connectivity index (χ4n) is 2.20. The van der Waals surface area contributed by atoms with Crippen molar-refractivity contribution in [3.8, 4) is 0 Å². The zero-order valence-corrected chi connectivity index (χ0v) is 10.3. The highest BCUT2D eigenvalue weighted by Crippen LogP contribution is 2.30. The minimum atomic E-state index is -0.279. The van der Waals surface area contributed by atoms with Gasteiger partial charge in [0.2, 0.25) is 0 Å².